The molecule has 0 saturated heterocycles. The van der Waals surface area contributed by atoms with Crippen molar-refractivity contribution in [1.29, 1.82) is 0 Å². The van der Waals surface area contributed by atoms with Crippen molar-refractivity contribution in [2.45, 2.75) is 33.2 Å². The third kappa shape index (κ3) is 5.53. The van der Waals surface area contributed by atoms with E-state index >= 15 is 0 Å². The summed E-state index contributed by atoms with van der Waals surface area (Å²) < 4.78 is 12.8. The highest BCUT2D eigenvalue weighted by Crippen LogP contribution is 2.08. The van der Waals surface area contributed by atoms with Crippen LogP contribution in [0.3, 0.4) is 0 Å². The van der Waals surface area contributed by atoms with Crippen molar-refractivity contribution in [1.82, 2.24) is 10.2 Å². The van der Waals surface area contributed by atoms with Crippen molar-refractivity contribution in [2.24, 2.45) is 5.92 Å². The fourth-order valence-electron chi connectivity index (χ4n) is 2.03. The van der Waals surface area contributed by atoms with Crippen LogP contribution in [0.5, 0.6) is 0 Å². The summed E-state index contributed by atoms with van der Waals surface area (Å²) in [4.78, 5) is 25.1. The van der Waals surface area contributed by atoms with Crippen LogP contribution in [0.4, 0.5) is 4.39 Å². The number of rotatable bonds is 6. The van der Waals surface area contributed by atoms with Gasteiger partial charge in [0, 0.05) is 20.5 Å². The molecule has 1 aromatic rings. The van der Waals surface area contributed by atoms with Gasteiger partial charge in [-0.1, -0.05) is 26.0 Å². The van der Waals surface area contributed by atoms with Gasteiger partial charge in [-0.25, -0.2) is 4.39 Å². The predicted molar refractivity (Wildman–Crippen MR) is 80.2 cm³/mol. The molecule has 0 bridgehead atoms. The molecule has 1 aromatic carbocycles. The Balaban J connectivity index is 2.60. The Morgan fingerprint density at radius 2 is 1.81 bits per heavy atom. The van der Waals surface area contributed by atoms with Crippen LogP contribution < -0.4 is 5.32 Å². The Morgan fingerprint density at radius 1 is 1.24 bits per heavy atom. The number of hydrogen-bond donors (Lipinski definition) is 1. The molecule has 2 amide bonds. The molecule has 4 nitrogen and oxygen atoms in total. The number of carbonyl (C=O) groups excluding carboxylic acids is 2. The highest BCUT2D eigenvalue weighted by Gasteiger charge is 2.25. The van der Waals surface area contributed by atoms with E-state index in [4.69, 9.17) is 0 Å². The van der Waals surface area contributed by atoms with Crippen molar-refractivity contribution < 1.29 is 14.0 Å². The van der Waals surface area contributed by atoms with Crippen molar-refractivity contribution in [3.63, 3.8) is 0 Å². The molecule has 1 atom stereocenters. The molecule has 0 fully saturated rings. The Labute approximate surface area is 125 Å². The van der Waals surface area contributed by atoms with Crippen LogP contribution in [-0.4, -0.2) is 36.3 Å². The minimum absolute atomic E-state index is 0.0228. The number of nitrogens with zero attached hydrogens (tertiary/aromatic N) is 1. The average Bonchev–Trinajstić information content (AvgIpc) is 2.42. The smallest absolute Gasteiger partial charge is 0.245 e. The summed E-state index contributed by atoms with van der Waals surface area (Å²) in [6.45, 7) is 5.72. The molecule has 0 heterocycles. The topological polar surface area (TPSA) is 49.4 Å². The van der Waals surface area contributed by atoms with Gasteiger partial charge in [-0.3, -0.25) is 9.59 Å². The standard InChI is InChI=1S/C16H23FN2O2/c1-11(2)15(18-12(3)20)16(21)19(4)10-9-13-5-7-14(17)8-6-13/h5-8,11,15H,9-10H2,1-4H3,(H,18,20). The molecule has 5 heteroatoms. The quantitative estimate of drug-likeness (QED) is 0.872. The number of likely N-dealkylation sites (N-methyl/N-ethyl adjacent to an activating group) is 1. The van der Waals surface area contributed by atoms with Gasteiger partial charge in [0.25, 0.3) is 0 Å². The van der Waals surface area contributed by atoms with Gasteiger partial charge in [-0.2, -0.15) is 0 Å². The minimum atomic E-state index is -0.513. The van der Waals surface area contributed by atoms with Gasteiger partial charge in [-0.15, -0.1) is 0 Å². The molecule has 1 unspecified atom stereocenters. The molecule has 116 valence electrons. The first-order valence-electron chi connectivity index (χ1n) is 7.07. The summed E-state index contributed by atoms with van der Waals surface area (Å²) in [7, 11) is 1.71. The highest BCUT2D eigenvalue weighted by atomic mass is 19.1. The van der Waals surface area contributed by atoms with Crippen LogP contribution in [-0.2, 0) is 16.0 Å². The molecule has 0 saturated carbocycles. The maximum atomic E-state index is 12.8. The van der Waals surface area contributed by atoms with Crippen LogP contribution in [0, 0.1) is 11.7 Å². The van der Waals surface area contributed by atoms with Crippen LogP contribution in [0.2, 0.25) is 0 Å². The van der Waals surface area contributed by atoms with E-state index in [-0.39, 0.29) is 23.5 Å². The molecular formula is C16H23FN2O2. The highest BCUT2D eigenvalue weighted by molar-refractivity contribution is 5.86. The zero-order valence-electron chi connectivity index (χ0n) is 13.0. The van der Waals surface area contributed by atoms with E-state index < -0.39 is 6.04 Å². The van der Waals surface area contributed by atoms with E-state index in [1.54, 1.807) is 24.1 Å². The van der Waals surface area contributed by atoms with Crippen molar-refractivity contribution >= 4 is 11.8 Å². The zero-order chi connectivity index (χ0) is 16.0. The minimum Gasteiger partial charge on any atom is -0.344 e. The number of hydrogen-bond acceptors (Lipinski definition) is 2. The first kappa shape index (κ1) is 17.1. The maximum absolute atomic E-state index is 12.8. The van der Waals surface area contributed by atoms with E-state index in [2.05, 4.69) is 5.32 Å². The van der Waals surface area contributed by atoms with Crippen LogP contribution in [0.25, 0.3) is 0 Å². The lowest BCUT2D eigenvalue weighted by Gasteiger charge is -2.26. The lowest BCUT2D eigenvalue weighted by molar-refractivity contribution is -0.136. The van der Waals surface area contributed by atoms with E-state index in [1.807, 2.05) is 13.8 Å². The normalized spacial score (nSPS) is 12.1. The molecular weight excluding hydrogens is 271 g/mol. The molecule has 0 aliphatic heterocycles. The van der Waals surface area contributed by atoms with Gasteiger partial charge in [0.1, 0.15) is 11.9 Å². The summed E-state index contributed by atoms with van der Waals surface area (Å²) in [5.74, 6) is -0.570. The zero-order valence-corrected chi connectivity index (χ0v) is 13.0. The fraction of sp³-hybridized carbons (Fsp3) is 0.500. The predicted octanol–water partition coefficient (Wildman–Crippen LogP) is 1.99. The summed E-state index contributed by atoms with van der Waals surface area (Å²) >= 11 is 0. The Bertz CT molecular complexity index is 486. The van der Waals surface area contributed by atoms with E-state index in [1.165, 1.54) is 19.1 Å². The van der Waals surface area contributed by atoms with E-state index in [0.29, 0.717) is 13.0 Å². The number of amides is 2. The number of benzene rings is 1. The molecule has 0 aliphatic carbocycles. The van der Waals surface area contributed by atoms with Gasteiger partial charge in [-0.05, 0) is 30.0 Å². The van der Waals surface area contributed by atoms with Crippen molar-refractivity contribution in [2.75, 3.05) is 13.6 Å². The molecule has 21 heavy (non-hydrogen) atoms. The Morgan fingerprint density at radius 3 is 2.29 bits per heavy atom. The summed E-state index contributed by atoms with van der Waals surface area (Å²) in [5.41, 5.74) is 0.969. The first-order valence-corrected chi connectivity index (χ1v) is 7.07. The molecule has 0 aliphatic rings. The lowest BCUT2D eigenvalue weighted by Crippen LogP contribution is -2.50. The fourth-order valence-corrected chi connectivity index (χ4v) is 2.03. The molecule has 0 aromatic heterocycles. The van der Waals surface area contributed by atoms with E-state index in [0.717, 1.165) is 5.56 Å². The molecule has 0 spiro atoms. The van der Waals surface area contributed by atoms with Crippen LogP contribution in [0.1, 0.15) is 26.3 Å². The lowest BCUT2D eigenvalue weighted by atomic mass is 10.0. The maximum Gasteiger partial charge on any atom is 0.245 e. The number of halogens is 1. The summed E-state index contributed by atoms with van der Waals surface area (Å²) in [6, 6.07) is 5.72. The first-order chi connectivity index (χ1) is 9.81. The monoisotopic (exact) mass is 294 g/mol. The Hall–Kier alpha value is -1.91. The average molecular weight is 294 g/mol. The second-order valence-corrected chi connectivity index (χ2v) is 5.56. The second kappa shape index (κ2) is 7.76. The number of nitrogens with one attached hydrogen (secondary N) is 1. The third-order valence-corrected chi connectivity index (χ3v) is 3.32. The molecule has 1 N–H and O–H groups in total. The summed E-state index contributed by atoms with van der Waals surface area (Å²) in [5, 5.41) is 2.69. The SMILES string of the molecule is CC(=O)NC(C(=O)N(C)CCc1ccc(F)cc1)C(C)C. The van der Waals surface area contributed by atoms with Crippen molar-refractivity contribution in [3.05, 3.63) is 35.6 Å². The van der Waals surface area contributed by atoms with Crippen LogP contribution >= 0.6 is 0 Å². The van der Waals surface area contributed by atoms with Gasteiger partial charge < -0.3 is 10.2 Å². The van der Waals surface area contributed by atoms with Gasteiger partial charge >= 0.3 is 0 Å². The second-order valence-electron chi connectivity index (χ2n) is 5.56. The van der Waals surface area contributed by atoms with Gasteiger partial charge in [0.15, 0.2) is 0 Å². The van der Waals surface area contributed by atoms with Crippen molar-refractivity contribution in [3.8, 4) is 0 Å². The number of carbonyl (C=O) groups is 2. The summed E-state index contributed by atoms with van der Waals surface area (Å²) in [6.07, 6.45) is 0.646. The Kier molecular flexibility index (Phi) is 6.34. The van der Waals surface area contributed by atoms with E-state index in [9.17, 15) is 14.0 Å². The van der Waals surface area contributed by atoms with Gasteiger partial charge in [0.05, 0.1) is 0 Å². The largest absolute Gasteiger partial charge is 0.344 e. The molecule has 1 rings (SSSR count). The molecule has 0 radical (unpaired) electrons. The third-order valence-electron chi connectivity index (χ3n) is 3.32. The van der Waals surface area contributed by atoms with Gasteiger partial charge in [0.2, 0.25) is 11.8 Å². The van der Waals surface area contributed by atoms with Crippen LogP contribution in [0.15, 0.2) is 24.3 Å².